The molecule has 0 spiro atoms. The molecule has 1 N–H and O–H groups in total. The minimum Gasteiger partial charge on any atom is -0.464 e. The summed E-state index contributed by atoms with van der Waals surface area (Å²) < 4.78 is 12.6. The Balaban J connectivity index is 1.63. The predicted molar refractivity (Wildman–Crippen MR) is 140 cm³/mol. The highest BCUT2D eigenvalue weighted by atomic mass is 16.5. The van der Waals surface area contributed by atoms with Crippen molar-refractivity contribution in [3.63, 3.8) is 0 Å². The Labute approximate surface area is 213 Å². The number of furan rings is 1. The number of aryl methyl sites for hydroxylation is 1. The molecule has 0 aliphatic carbocycles. The Kier molecular flexibility index (Phi) is 6.96. The van der Waals surface area contributed by atoms with Crippen molar-refractivity contribution >= 4 is 39.3 Å². The first kappa shape index (κ1) is 24.2. The number of hydrogen-bond acceptors (Lipinski definition) is 6. The molecule has 0 saturated carbocycles. The van der Waals surface area contributed by atoms with Crippen molar-refractivity contribution in [1.82, 2.24) is 20.3 Å². The maximum Gasteiger partial charge on any atom is 0.251 e. The van der Waals surface area contributed by atoms with E-state index < -0.39 is 6.04 Å². The Bertz CT molecular complexity index is 1550. The zero-order valence-electron chi connectivity index (χ0n) is 20.6. The molecule has 0 aliphatic rings. The molecule has 188 valence electrons. The van der Waals surface area contributed by atoms with Gasteiger partial charge in [0.1, 0.15) is 23.6 Å². The number of hydrogen-bond donors (Lipinski definition) is 1. The number of carbonyl (C=O) groups is 2. The lowest BCUT2D eigenvalue weighted by molar-refractivity contribution is -0.127. The number of fused-ring (bicyclic) bond motifs is 2. The molecule has 2 amide bonds. The largest absolute Gasteiger partial charge is 0.464 e. The zero-order chi connectivity index (χ0) is 25.8. The van der Waals surface area contributed by atoms with Crippen LogP contribution < -0.4 is 10.2 Å². The number of rotatable bonds is 9. The Morgan fingerprint density at radius 1 is 1.03 bits per heavy atom. The minimum atomic E-state index is -1.06. The molecule has 5 rings (SSSR count). The number of anilines is 1. The molecular weight excluding hydrogens is 470 g/mol. The van der Waals surface area contributed by atoms with Crippen LogP contribution in [0.4, 0.5) is 5.69 Å². The molecule has 0 unspecified atom stereocenters. The van der Waals surface area contributed by atoms with Gasteiger partial charge in [0.05, 0.1) is 17.8 Å². The summed E-state index contributed by atoms with van der Waals surface area (Å²) in [5, 5.41) is 13.0. The Morgan fingerprint density at radius 3 is 2.62 bits per heavy atom. The summed E-state index contributed by atoms with van der Waals surface area (Å²) in [7, 11) is 1.56. The van der Waals surface area contributed by atoms with Gasteiger partial charge in [-0.3, -0.25) is 14.5 Å². The molecule has 0 bridgehead atoms. The maximum atomic E-state index is 14.1. The van der Waals surface area contributed by atoms with Gasteiger partial charge in [0, 0.05) is 19.0 Å². The van der Waals surface area contributed by atoms with Crippen LogP contribution in [-0.4, -0.2) is 47.1 Å². The van der Waals surface area contributed by atoms with Crippen LogP contribution in [0.2, 0.25) is 0 Å². The second kappa shape index (κ2) is 10.6. The summed E-state index contributed by atoms with van der Waals surface area (Å²) in [4.78, 5) is 29.3. The quantitative estimate of drug-likeness (QED) is 0.309. The van der Waals surface area contributed by atoms with Gasteiger partial charge in [0.15, 0.2) is 6.04 Å². The van der Waals surface area contributed by atoms with E-state index in [-0.39, 0.29) is 24.9 Å². The highest BCUT2D eigenvalue weighted by molar-refractivity contribution is 6.07. The summed E-state index contributed by atoms with van der Waals surface area (Å²) in [6.45, 7) is 2.31. The molecule has 1 atom stereocenters. The van der Waals surface area contributed by atoms with Gasteiger partial charge in [-0.05, 0) is 42.6 Å². The van der Waals surface area contributed by atoms with Crippen LogP contribution in [0.3, 0.4) is 0 Å². The number of amides is 2. The van der Waals surface area contributed by atoms with E-state index >= 15 is 0 Å². The van der Waals surface area contributed by atoms with Crippen molar-refractivity contribution < 1.29 is 18.7 Å². The normalized spacial score (nSPS) is 12.1. The fourth-order valence-corrected chi connectivity index (χ4v) is 4.42. The highest BCUT2D eigenvalue weighted by Gasteiger charge is 2.36. The van der Waals surface area contributed by atoms with Crippen molar-refractivity contribution in [2.24, 2.45) is 0 Å². The number of ether oxygens (including phenoxy) is 1. The van der Waals surface area contributed by atoms with Crippen molar-refractivity contribution in [1.29, 1.82) is 0 Å². The molecule has 0 radical (unpaired) electrons. The molecule has 9 heteroatoms. The lowest BCUT2D eigenvalue weighted by Gasteiger charge is -2.31. The van der Waals surface area contributed by atoms with E-state index in [9.17, 15) is 9.59 Å². The molecule has 0 fully saturated rings. The number of para-hydroxylation sites is 1. The third-order valence-electron chi connectivity index (χ3n) is 6.14. The lowest BCUT2D eigenvalue weighted by Crippen LogP contribution is -2.46. The summed E-state index contributed by atoms with van der Waals surface area (Å²) in [5.74, 6) is 0.276. The van der Waals surface area contributed by atoms with Crippen LogP contribution in [0.15, 0.2) is 83.3 Å². The number of aromatic nitrogens is 3. The van der Waals surface area contributed by atoms with Gasteiger partial charge in [0.25, 0.3) is 5.91 Å². The van der Waals surface area contributed by atoms with Gasteiger partial charge < -0.3 is 14.5 Å². The van der Waals surface area contributed by atoms with Gasteiger partial charge in [-0.1, -0.05) is 53.7 Å². The van der Waals surface area contributed by atoms with Gasteiger partial charge in [-0.2, -0.15) is 0 Å². The third-order valence-corrected chi connectivity index (χ3v) is 6.14. The highest BCUT2D eigenvalue weighted by Crippen LogP contribution is 2.34. The maximum absolute atomic E-state index is 14.1. The monoisotopic (exact) mass is 497 g/mol. The van der Waals surface area contributed by atoms with E-state index in [0.717, 1.165) is 16.3 Å². The standard InChI is InChI=1S/C28H27N5O4/c1-19-14-15-25(37-19)27(28(35)29-16-17-36-2)33(23-13-7-9-20-8-3-4-10-21(20)23)26(34)18-32-24-12-6-5-11-22(24)30-31-32/h3-15,27H,16-18H2,1-2H3,(H,29,35)/t27-/m0/s1. The van der Waals surface area contributed by atoms with Crippen molar-refractivity contribution in [3.05, 3.63) is 90.4 Å². The Hall–Kier alpha value is -4.50. The first-order valence-corrected chi connectivity index (χ1v) is 12.0. The van der Waals surface area contributed by atoms with E-state index in [0.29, 0.717) is 29.3 Å². The number of carbonyl (C=O) groups excluding carboxylic acids is 2. The van der Waals surface area contributed by atoms with Crippen LogP contribution in [0, 0.1) is 6.92 Å². The van der Waals surface area contributed by atoms with Crippen LogP contribution in [0.5, 0.6) is 0 Å². The molecule has 5 aromatic rings. The molecular formula is C28H27N5O4. The van der Waals surface area contributed by atoms with Crippen molar-refractivity contribution in [2.75, 3.05) is 25.2 Å². The third kappa shape index (κ3) is 4.94. The Morgan fingerprint density at radius 2 is 1.81 bits per heavy atom. The second-order valence-electron chi connectivity index (χ2n) is 8.63. The summed E-state index contributed by atoms with van der Waals surface area (Å²) in [6.07, 6.45) is 0. The first-order valence-electron chi connectivity index (χ1n) is 12.0. The fourth-order valence-electron chi connectivity index (χ4n) is 4.42. The van der Waals surface area contributed by atoms with Crippen LogP contribution in [0.1, 0.15) is 17.6 Å². The van der Waals surface area contributed by atoms with Crippen molar-refractivity contribution in [2.45, 2.75) is 19.5 Å². The predicted octanol–water partition coefficient (Wildman–Crippen LogP) is 4.02. The van der Waals surface area contributed by atoms with E-state index in [1.54, 1.807) is 30.8 Å². The molecule has 0 aliphatic heterocycles. The van der Waals surface area contributed by atoms with Gasteiger partial charge in [-0.15, -0.1) is 5.10 Å². The minimum absolute atomic E-state index is 0.120. The zero-order valence-corrected chi connectivity index (χ0v) is 20.6. The second-order valence-corrected chi connectivity index (χ2v) is 8.63. The first-order chi connectivity index (χ1) is 18.1. The molecule has 2 heterocycles. The fraction of sp³-hybridized carbons (Fsp3) is 0.214. The smallest absolute Gasteiger partial charge is 0.251 e. The summed E-state index contributed by atoms with van der Waals surface area (Å²) in [6, 6.07) is 23.3. The molecule has 0 saturated heterocycles. The number of methoxy groups -OCH3 is 1. The van der Waals surface area contributed by atoms with Crippen molar-refractivity contribution in [3.8, 4) is 0 Å². The van der Waals surface area contributed by atoms with E-state index in [4.69, 9.17) is 9.15 Å². The topological polar surface area (TPSA) is 102 Å². The van der Waals surface area contributed by atoms with Gasteiger partial charge in [-0.25, -0.2) is 4.68 Å². The van der Waals surface area contributed by atoms with Crippen LogP contribution in [0.25, 0.3) is 21.8 Å². The van der Waals surface area contributed by atoms with Crippen LogP contribution in [-0.2, 0) is 20.9 Å². The average Bonchev–Trinajstić information content (AvgIpc) is 3.53. The number of nitrogens with one attached hydrogen (secondary N) is 1. The van der Waals surface area contributed by atoms with E-state index in [1.165, 1.54) is 4.90 Å². The average molecular weight is 498 g/mol. The van der Waals surface area contributed by atoms with Gasteiger partial charge in [0.2, 0.25) is 5.91 Å². The molecule has 9 nitrogen and oxygen atoms in total. The summed E-state index contributed by atoms with van der Waals surface area (Å²) in [5.41, 5.74) is 2.00. The molecule has 3 aromatic carbocycles. The van der Waals surface area contributed by atoms with E-state index in [2.05, 4.69) is 15.6 Å². The lowest BCUT2D eigenvalue weighted by atomic mass is 10.0. The summed E-state index contributed by atoms with van der Waals surface area (Å²) >= 11 is 0. The van der Waals surface area contributed by atoms with Crippen LogP contribution >= 0.6 is 0 Å². The van der Waals surface area contributed by atoms with E-state index in [1.807, 2.05) is 66.7 Å². The number of nitrogens with zero attached hydrogens (tertiary/aromatic N) is 4. The van der Waals surface area contributed by atoms with Gasteiger partial charge >= 0.3 is 0 Å². The number of benzene rings is 3. The molecule has 2 aromatic heterocycles. The SMILES string of the molecule is COCCNC(=O)[C@H](c1ccc(C)o1)N(C(=O)Cn1nnc2ccccc21)c1cccc2ccccc12. The molecule has 37 heavy (non-hydrogen) atoms.